The number of aryl methyl sites for hydroxylation is 2. The van der Waals surface area contributed by atoms with Crippen molar-refractivity contribution < 1.29 is 4.58 Å². The van der Waals surface area contributed by atoms with Gasteiger partial charge in [-0.2, -0.15) is 0 Å². The van der Waals surface area contributed by atoms with E-state index in [0.29, 0.717) is 0 Å². The molecule has 1 aromatic carbocycles. The first-order valence-electron chi connectivity index (χ1n) is 6.81. The summed E-state index contributed by atoms with van der Waals surface area (Å²) in [5.41, 5.74) is 4.46. The number of para-hydroxylation sites is 1. The maximum absolute atomic E-state index is 3.31. The lowest BCUT2D eigenvalue weighted by molar-refractivity contribution is -0.425. The van der Waals surface area contributed by atoms with Crippen LogP contribution in [-0.2, 0) is 12.8 Å². The Morgan fingerprint density at radius 3 is 2.24 bits per heavy atom. The molecule has 0 aromatic heterocycles. The third-order valence-corrected chi connectivity index (χ3v) is 3.27. The first-order chi connectivity index (χ1) is 8.36. The van der Waals surface area contributed by atoms with Crippen molar-refractivity contribution >= 4 is 12.0 Å². The molecule has 2 heteroatoms. The third kappa shape index (κ3) is 2.68. The van der Waals surface area contributed by atoms with E-state index in [9.17, 15) is 0 Å². The van der Waals surface area contributed by atoms with Gasteiger partial charge in [-0.15, -0.1) is 0 Å². The molecule has 0 aliphatic carbocycles. The Hall–Kier alpha value is -1.31. The van der Waals surface area contributed by atoms with Crippen molar-refractivity contribution in [2.75, 3.05) is 13.1 Å². The molecule has 2 nitrogen and oxygen atoms in total. The molecule has 0 spiro atoms. The van der Waals surface area contributed by atoms with Crippen molar-refractivity contribution in [3.63, 3.8) is 0 Å². The fourth-order valence-electron chi connectivity index (χ4n) is 2.56. The van der Waals surface area contributed by atoms with Crippen LogP contribution in [0.25, 0.3) is 0 Å². The lowest BCUT2D eigenvalue weighted by Crippen LogP contribution is -2.08. The Morgan fingerprint density at radius 1 is 1.12 bits per heavy atom. The predicted octanol–water partition coefficient (Wildman–Crippen LogP) is 2.87. The molecule has 0 radical (unpaired) electrons. The molecule has 1 heterocycles. The summed E-state index contributed by atoms with van der Waals surface area (Å²) in [7, 11) is 0. The van der Waals surface area contributed by atoms with E-state index in [2.05, 4.69) is 48.3 Å². The van der Waals surface area contributed by atoms with E-state index in [1.807, 2.05) is 0 Å². The lowest BCUT2D eigenvalue weighted by Gasteiger charge is -2.12. The Labute approximate surface area is 104 Å². The molecule has 92 valence electrons. The summed E-state index contributed by atoms with van der Waals surface area (Å²) in [6.07, 6.45) is 6.91. The zero-order valence-corrected chi connectivity index (χ0v) is 11.0. The van der Waals surface area contributed by atoms with Gasteiger partial charge in [0.05, 0.1) is 0 Å². The SMILES string of the molecule is CCCc1cccc(CCC)c1[N+]1=CNCC1. The highest BCUT2D eigenvalue weighted by atomic mass is 15.2. The van der Waals surface area contributed by atoms with Crippen LogP contribution in [0, 0.1) is 0 Å². The van der Waals surface area contributed by atoms with Crippen LogP contribution in [0.4, 0.5) is 5.69 Å². The first-order valence-corrected chi connectivity index (χ1v) is 6.81. The number of nitrogens with one attached hydrogen (secondary N) is 1. The van der Waals surface area contributed by atoms with E-state index in [4.69, 9.17) is 0 Å². The first kappa shape index (κ1) is 12.2. The second kappa shape index (κ2) is 5.85. The molecular formula is C15H23N2+. The van der Waals surface area contributed by atoms with E-state index in [0.717, 1.165) is 13.1 Å². The van der Waals surface area contributed by atoms with Gasteiger partial charge in [-0.1, -0.05) is 44.9 Å². The largest absolute Gasteiger partial charge is 0.277 e. The standard InChI is InChI=1S/C15H22N2/c1-3-6-13-8-5-9-14(7-4-2)15(13)17-11-10-16-12-17/h5,8-9,12H,3-4,6-7,10-11H2,1-2H3/p+1. The van der Waals surface area contributed by atoms with Crippen LogP contribution < -0.4 is 5.32 Å². The number of nitrogens with zero attached hydrogens (tertiary/aromatic N) is 1. The van der Waals surface area contributed by atoms with Gasteiger partial charge in [-0.3, -0.25) is 5.32 Å². The van der Waals surface area contributed by atoms with Gasteiger partial charge < -0.3 is 0 Å². The van der Waals surface area contributed by atoms with Crippen LogP contribution in [0.5, 0.6) is 0 Å². The lowest BCUT2D eigenvalue weighted by atomic mass is 10.00. The Balaban J connectivity index is 2.41. The van der Waals surface area contributed by atoms with Gasteiger partial charge in [0.25, 0.3) is 0 Å². The van der Waals surface area contributed by atoms with Gasteiger partial charge in [0.1, 0.15) is 18.8 Å². The molecule has 0 atom stereocenters. The molecule has 0 fully saturated rings. The highest BCUT2D eigenvalue weighted by Crippen LogP contribution is 2.27. The Bertz CT molecular complexity index is 383. The van der Waals surface area contributed by atoms with Gasteiger partial charge in [0.15, 0.2) is 0 Å². The van der Waals surface area contributed by atoms with Crippen molar-refractivity contribution in [1.82, 2.24) is 5.32 Å². The molecule has 1 N–H and O–H groups in total. The fourth-order valence-corrected chi connectivity index (χ4v) is 2.56. The van der Waals surface area contributed by atoms with Crippen LogP contribution in [0.1, 0.15) is 37.8 Å². The number of benzene rings is 1. The smallest absolute Gasteiger partial charge is 0.237 e. The monoisotopic (exact) mass is 231 g/mol. The number of rotatable bonds is 5. The zero-order chi connectivity index (χ0) is 12.1. The summed E-state index contributed by atoms with van der Waals surface area (Å²) in [5, 5.41) is 3.31. The second-order valence-corrected chi connectivity index (χ2v) is 4.70. The van der Waals surface area contributed by atoms with E-state index in [1.165, 1.54) is 42.5 Å². The molecule has 0 saturated carbocycles. The molecule has 2 rings (SSSR count). The van der Waals surface area contributed by atoms with Crippen molar-refractivity contribution in [1.29, 1.82) is 0 Å². The molecule has 1 aliphatic rings. The normalized spacial score (nSPS) is 14.6. The molecule has 0 bridgehead atoms. The number of hydrogen-bond donors (Lipinski definition) is 1. The Morgan fingerprint density at radius 2 is 1.76 bits per heavy atom. The van der Waals surface area contributed by atoms with Crippen LogP contribution in [0.3, 0.4) is 0 Å². The van der Waals surface area contributed by atoms with Crippen LogP contribution >= 0.6 is 0 Å². The van der Waals surface area contributed by atoms with E-state index in [1.54, 1.807) is 0 Å². The van der Waals surface area contributed by atoms with Gasteiger partial charge in [-0.05, 0) is 24.0 Å². The summed E-state index contributed by atoms with van der Waals surface area (Å²) in [5.74, 6) is 0. The van der Waals surface area contributed by atoms with Gasteiger partial charge >= 0.3 is 0 Å². The molecular weight excluding hydrogens is 208 g/mol. The topological polar surface area (TPSA) is 15.0 Å². The highest BCUT2D eigenvalue weighted by molar-refractivity contribution is 5.57. The predicted molar refractivity (Wildman–Crippen MR) is 73.3 cm³/mol. The maximum Gasteiger partial charge on any atom is 0.237 e. The Kier molecular flexibility index (Phi) is 4.18. The van der Waals surface area contributed by atoms with E-state index >= 15 is 0 Å². The van der Waals surface area contributed by atoms with Gasteiger partial charge in [0.2, 0.25) is 6.34 Å². The summed E-state index contributed by atoms with van der Waals surface area (Å²) in [4.78, 5) is 0. The average Bonchev–Trinajstić information content (AvgIpc) is 2.84. The van der Waals surface area contributed by atoms with Crippen LogP contribution in [0.15, 0.2) is 18.2 Å². The minimum Gasteiger partial charge on any atom is -0.277 e. The summed E-state index contributed by atoms with van der Waals surface area (Å²) in [6, 6.07) is 6.78. The van der Waals surface area contributed by atoms with Crippen molar-refractivity contribution in [3.05, 3.63) is 29.3 Å². The summed E-state index contributed by atoms with van der Waals surface area (Å²) >= 11 is 0. The van der Waals surface area contributed by atoms with Gasteiger partial charge in [-0.25, -0.2) is 4.58 Å². The zero-order valence-electron chi connectivity index (χ0n) is 11.0. The molecule has 0 amide bonds. The molecule has 0 unspecified atom stereocenters. The van der Waals surface area contributed by atoms with E-state index < -0.39 is 0 Å². The van der Waals surface area contributed by atoms with Crippen LogP contribution in [0.2, 0.25) is 0 Å². The summed E-state index contributed by atoms with van der Waals surface area (Å²) < 4.78 is 2.38. The number of hydrogen-bond acceptors (Lipinski definition) is 1. The highest BCUT2D eigenvalue weighted by Gasteiger charge is 2.18. The molecule has 17 heavy (non-hydrogen) atoms. The summed E-state index contributed by atoms with van der Waals surface area (Å²) in [6.45, 7) is 6.66. The molecule has 1 aliphatic heterocycles. The second-order valence-electron chi connectivity index (χ2n) is 4.70. The van der Waals surface area contributed by atoms with Crippen LogP contribution in [-0.4, -0.2) is 24.0 Å². The van der Waals surface area contributed by atoms with Crippen molar-refractivity contribution in [3.8, 4) is 0 Å². The molecule has 0 saturated heterocycles. The van der Waals surface area contributed by atoms with Crippen molar-refractivity contribution in [2.24, 2.45) is 0 Å². The quantitative estimate of drug-likeness (QED) is 0.770. The third-order valence-electron chi connectivity index (χ3n) is 3.27. The van der Waals surface area contributed by atoms with Gasteiger partial charge in [0, 0.05) is 0 Å². The molecule has 1 aromatic rings. The minimum absolute atomic E-state index is 1.06. The maximum atomic E-state index is 3.31. The average molecular weight is 231 g/mol. The van der Waals surface area contributed by atoms with E-state index in [-0.39, 0.29) is 0 Å². The fraction of sp³-hybridized carbons (Fsp3) is 0.533. The minimum atomic E-state index is 1.06. The van der Waals surface area contributed by atoms with Crippen molar-refractivity contribution in [2.45, 2.75) is 39.5 Å².